The first-order valence-corrected chi connectivity index (χ1v) is 10.4. The number of rotatable bonds is 4. The fraction of sp³-hybridized carbons (Fsp3) is 0.333. The van der Waals surface area contributed by atoms with Gasteiger partial charge in [0.15, 0.2) is 0 Å². The third-order valence-corrected chi connectivity index (χ3v) is 6.24. The Morgan fingerprint density at radius 1 is 0.967 bits per heavy atom. The van der Waals surface area contributed by atoms with Crippen molar-refractivity contribution in [1.29, 1.82) is 5.26 Å². The van der Waals surface area contributed by atoms with Gasteiger partial charge in [-0.25, -0.2) is 0 Å². The molecule has 0 saturated carbocycles. The summed E-state index contributed by atoms with van der Waals surface area (Å²) in [4.78, 5) is 17.4. The number of likely N-dealkylation sites (tertiary alicyclic amines) is 1. The van der Waals surface area contributed by atoms with Gasteiger partial charge in [-0.2, -0.15) is 5.26 Å². The molecular formula is C24H25ClN4O. The third-order valence-electron chi connectivity index (χ3n) is 6.24. The monoisotopic (exact) mass is 420 g/mol. The fourth-order valence-electron chi connectivity index (χ4n) is 4.59. The Morgan fingerprint density at radius 2 is 1.80 bits per heavy atom. The van der Waals surface area contributed by atoms with Crippen LogP contribution in [0.25, 0.3) is 16.6 Å². The van der Waals surface area contributed by atoms with Crippen LogP contribution in [-0.2, 0) is 6.42 Å². The largest absolute Gasteiger partial charge is 0.337 e. The number of halogens is 1. The van der Waals surface area contributed by atoms with E-state index in [0.29, 0.717) is 5.56 Å². The van der Waals surface area contributed by atoms with Crippen LogP contribution in [0.15, 0.2) is 48.7 Å². The number of benzene rings is 2. The van der Waals surface area contributed by atoms with Crippen LogP contribution in [0, 0.1) is 11.3 Å². The number of fused-ring (bicyclic) bond motifs is 2. The summed E-state index contributed by atoms with van der Waals surface area (Å²) in [7, 11) is 0. The molecule has 0 unspecified atom stereocenters. The molecule has 154 valence electrons. The van der Waals surface area contributed by atoms with Gasteiger partial charge in [0.2, 0.25) is 0 Å². The van der Waals surface area contributed by atoms with Gasteiger partial charge in [-0.3, -0.25) is 4.79 Å². The highest BCUT2D eigenvalue weighted by Crippen LogP contribution is 2.26. The lowest BCUT2D eigenvalue weighted by molar-refractivity contribution is 0.0724. The summed E-state index contributed by atoms with van der Waals surface area (Å²) in [6, 6.07) is 16.1. The van der Waals surface area contributed by atoms with Crippen molar-refractivity contribution in [3.8, 4) is 11.8 Å². The van der Waals surface area contributed by atoms with E-state index in [1.807, 2.05) is 47.5 Å². The second kappa shape index (κ2) is 8.51. The van der Waals surface area contributed by atoms with Crippen LogP contribution in [0.5, 0.6) is 0 Å². The average molecular weight is 421 g/mol. The molecule has 0 spiro atoms. The Morgan fingerprint density at radius 3 is 2.60 bits per heavy atom. The molecule has 5 rings (SSSR count). The maximum absolute atomic E-state index is 13.0. The molecule has 0 atom stereocenters. The Labute approximate surface area is 182 Å². The van der Waals surface area contributed by atoms with Crippen molar-refractivity contribution in [2.75, 3.05) is 32.7 Å². The Kier molecular flexibility index (Phi) is 5.80. The molecule has 2 aromatic carbocycles. The smallest absolute Gasteiger partial charge is 0.254 e. The zero-order valence-electron chi connectivity index (χ0n) is 16.9. The van der Waals surface area contributed by atoms with Gasteiger partial charge >= 0.3 is 0 Å². The maximum Gasteiger partial charge on any atom is 0.254 e. The summed E-state index contributed by atoms with van der Waals surface area (Å²) >= 11 is 0. The van der Waals surface area contributed by atoms with E-state index in [9.17, 15) is 4.79 Å². The standard InChI is InChI=1S/C24H24N4O.ClH/c25-17-18-3-6-23-20(15-18)8-12-28(23)21-4-5-22-19(16-21)7-11-27(24(22)29)14-13-26-9-1-2-10-26;/h3-6,8,12,15-16H,1-2,7,9-11,13-14H2;1H. The lowest BCUT2D eigenvalue weighted by atomic mass is 9.98. The number of amides is 1. The molecule has 1 fully saturated rings. The van der Waals surface area contributed by atoms with Crippen LogP contribution >= 0.6 is 12.4 Å². The molecule has 5 nitrogen and oxygen atoms in total. The number of hydrogen-bond acceptors (Lipinski definition) is 3. The van der Waals surface area contributed by atoms with Crippen molar-refractivity contribution < 1.29 is 4.79 Å². The molecule has 2 aliphatic rings. The van der Waals surface area contributed by atoms with Crippen molar-refractivity contribution in [2.45, 2.75) is 19.3 Å². The number of nitriles is 1. The second-order valence-electron chi connectivity index (χ2n) is 8.00. The maximum atomic E-state index is 13.0. The van der Waals surface area contributed by atoms with Crippen molar-refractivity contribution >= 4 is 29.2 Å². The zero-order chi connectivity index (χ0) is 19.8. The molecule has 6 heteroatoms. The first kappa shape index (κ1) is 20.5. The zero-order valence-corrected chi connectivity index (χ0v) is 17.7. The molecular weight excluding hydrogens is 396 g/mol. The minimum Gasteiger partial charge on any atom is -0.337 e. The van der Waals surface area contributed by atoms with Crippen molar-refractivity contribution in [1.82, 2.24) is 14.4 Å². The SMILES string of the molecule is Cl.N#Cc1ccc2c(ccn2-c2ccc3c(c2)CCN(CCN2CCCC2)C3=O)c1. The van der Waals surface area contributed by atoms with Crippen LogP contribution in [0.2, 0.25) is 0 Å². The van der Waals surface area contributed by atoms with Crippen LogP contribution in [-0.4, -0.2) is 53.0 Å². The normalized spacial score (nSPS) is 16.4. The molecule has 30 heavy (non-hydrogen) atoms. The average Bonchev–Trinajstić information content (AvgIpc) is 3.42. The Hall–Kier alpha value is -2.81. The van der Waals surface area contributed by atoms with E-state index in [2.05, 4.69) is 21.6 Å². The highest BCUT2D eigenvalue weighted by atomic mass is 35.5. The van der Waals surface area contributed by atoms with Crippen molar-refractivity contribution in [3.05, 3.63) is 65.4 Å². The molecule has 0 N–H and O–H groups in total. The predicted molar refractivity (Wildman–Crippen MR) is 121 cm³/mol. The summed E-state index contributed by atoms with van der Waals surface area (Å²) in [6.45, 7) is 4.94. The highest BCUT2D eigenvalue weighted by Gasteiger charge is 2.25. The summed E-state index contributed by atoms with van der Waals surface area (Å²) in [5.74, 6) is 0.160. The van der Waals surface area contributed by atoms with E-state index in [0.717, 1.165) is 53.8 Å². The third kappa shape index (κ3) is 3.69. The summed E-state index contributed by atoms with van der Waals surface area (Å²) in [6.07, 6.45) is 5.49. The van der Waals surface area contributed by atoms with Gasteiger partial charge < -0.3 is 14.4 Å². The van der Waals surface area contributed by atoms with Gasteiger partial charge in [-0.1, -0.05) is 0 Å². The van der Waals surface area contributed by atoms with E-state index >= 15 is 0 Å². The molecule has 1 aromatic heterocycles. The van der Waals surface area contributed by atoms with Crippen LogP contribution < -0.4 is 0 Å². The van der Waals surface area contributed by atoms with E-state index in [-0.39, 0.29) is 18.3 Å². The molecule has 0 radical (unpaired) electrons. The molecule has 0 aliphatic carbocycles. The van der Waals surface area contributed by atoms with Crippen LogP contribution in [0.1, 0.15) is 34.3 Å². The molecule has 2 aliphatic heterocycles. The van der Waals surface area contributed by atoms with Gasteiger partial charge in [0.25, 0.3) is 5.91 Å². The topological polar surface area (TPSA) is 52.3 Å². The first-order valence-electron chi connectivity index (χ1n) is 10.4. The minimum atomic E-state index is 0. The van der Waals surface area contributed by atoms with Crippen LogP contribution in [0.4, 0.5) is 0 Å². The fourth-order valence-corrected chi connectivity index (χ4v) is 4.59. The van der Waals surface area contributed by atoms with Gasteiger partial charge in [0.1, 0.15) is 0 Å². The molecule has 3 heterocycles. The Bertz CT molecular complexity index is 1120. The molecule has 3 aromatic rings. The number of carbonyl (C=O) groups excluding carboxylic acids is 1. The summed E-state index contributed by atoms with van der Waals surface area (Å²) < 4.78 is 2.13. The first-order chi connectivity index (χ1) is 14.2. The van der Waals surface area contributed by atoms with Crippen LogP contribution in [0.3, 0.4) is 0 Å². The van der Waals surface area contributed by atoms with E-state index in [4.69, 9.17) is 5.26 Å². The summed E-state index contributed by atoms with van der Waals surface area (Å²) in [5.41, 5.74) is 4.76. The van der Waals surface area contributed by atoms with E-state index in [1.165, 1.54) is 25.9 Å². The molecule has 1 amide bonds. The minimum absolute atomic E-state index is 0. The van der Waals surface area contributed by atoms with Gasteiger partial charge in [0.05, 0.1) is 17.1 Å². The number of carbonyl (C=O) groups is 1. The van der Waals surface area contributed by atoms with Gasteiger partial charge in [0, 0.05) is 42.5 Å². The van der Waals surface area contributed by atoms with Gasteiger partial charge in [-0.15, -0.1) is 12.4 Å². The lowest BCUT2D eigenvalue weighted by Gasteiger charge is -2.30. The second-order valence-corrected chi connectivity index (χ2v) is 8.00. The molecule has 0 bridgehead atoms. The lowest BCUT2D eigenvalue weighted by Crippen LogP contribution is -2.42. The van der Waals surface area contributed by atoms with Gasteiger partial charge in [-0.05, 0) is 80.4 Å². The summed E-state index contributed by atoms with van der Waals surface area (Å²) in [5, 5.41) is 10.2. The Balaban J connectivity index is 0.00000218. The number of aromatic nitrogens is 1. The predicted octanol–water partition coefficient (Wildman–Crippen LogP) is 4.02. The van der Waals surface area contributed by atoms with Crippen molar-refractivity contribution in [3.63, 3.8) is 0 Å². The quantitative estimate of drug-likeness (QED) is 0.640. The van der Waals surface area contributed by atoms with E-state index < -0.39 is 0 Å². The van der Waals surface area contributed by atoms with Crippen molar-refractivity contribution in [2.24, 2.45) is 0 Å². The van der Waals surface area contributed by atoms with E-state index in [1.54, 1.807) is 0 Å². The number of hydrogen-bond donors (Lipinski definition) is 0. The highest BCUT2D eigenvalue weighted by molar-refractivity contribution is 5.97. The number of nitrogens with zero attached hydrogens (tertiary/aromatic N) is 4. The molecule has 1 saturated heterocycles.